The van der Waals surface area contributed by atoms with Crippen molar-refractivity contribution in [3.63, 3.8) is 0 Å². The fraction of sp³-hybridized carbons (Fsp3) is 0.273. The Morgan fingerprint density at radius 2 is 2.29 bits per heavy atom. The van der Waals surface area contributed by atoms with Crippen LogP contribution in [0.25, 0.3) is 0 Å². The van der Waals surface area contributed by atoms with Gasteiger partial charge in [0.2, 0.25) is 0 Å². The monoisotopic (exact) mass is 228 g/mol. The predicted octanol–water partition coefficient (Wildman–Crippen LogP) is 0.608. The number of nitrogens with zero attached hydrogens (tertiary/aromatic N) is 3. The number of rotatable bonds is 5. The molecule has 0 spiro atoms. The first-order valence-electron chi connectivity index (χ1n) is 5.35. The average molecular weight is 228 g/mol. The van der Waals surface area contributed by atoms with Crippen molar-refractivity contribution < 1.29 is 4.74 Å². The molecule has 0 unspecified atom stereocenters. The second-order valence-electron chi connectivity index (χ2n) is 3.60. The lowest BCUT2D eigenvalue weighted by atomic mass is 10.0. The molecule has 2 radical (unpaired) electrons. The van der Waals surface area contributed by atoms with Gasteiger partial charge in [0.05, 0.1) is 20.1 Å². The average Bonchev–Trinajstić information content (AvgIpc) is 2.77. The number of nitrogen functional groups attached to an aromatic ring is 1. The van der Waals surface area contributed by atoms with E-state index in [2.05, 4.69) is 10.3 Å². The summed E-state index contributed by atoms with van der Waals surface area (Å²) in [4.78, 5) is 0. The highest BCUT2D eigenvalue weighted by atomic mass is 16.5. The number of ether oxygens (including phenoxy) is 1. The first-order chi connectivity index (χ1) is 8.28. The van der Waals surface area contributed by atoms with E-state index in [0.29, 0.717) is 25.2 Å². The first kappa shape index (κ1) is 11.5. The second-order valence-corrected chi connectivity index (χ2v) is 3.60. The predicted molar refractivity (Wildman–Crippen MR) is 65.8 cm³/mol. The van der Waals surface area contributed by atoms with Crippen molar-refractivity contribution in [3.8, 4) is 5.75 Å². The van der Waals surface area contributed by atoms with Crippen LogP contribution in [0.4, 0.5) is 5.69 Å². The number of anilines is 1. The maximum Gasteiger partial charge on any atom is 0.121 e. The van der Waals surface area contributed by atoms with E-state index in [-0.39, 0.29) is 0 Å². The highest BCUT2D eigenvalue weighted by Crippen LogP contribution is 2.14. The third-order valence-corrected chi connectivity index (χ3v) is 2.24. The van der Waals surface area contributed by atoms with Gasteiger partial charge < -0.3 is 10.5 Å². The van der Waals surface area contributed by atoms with Crippen molar-refractivity contribution in [2.24, 2.45) is 0 Å². The number of benzene rings is 1. The van der Waals surface area contributed by atoms with E-state index in [1.807, 2.05) is 24.4 Å². The molecule has 2 rings (SSSR count). The summed E-state index contributed by atoms with van der Waals surface area (Å²) >= 11 is 0. The SMILES string of the molecule is [B]Cc1cn(CCOc2cccc(N)c2)nn1. The minimum Gasteiger partial charge on any atom is -0.492 e. The molecule has 86 valence electrons. The topological polar surface area (TPSA) is 66.0 Å². The van der Waals surface area contributed by atoms with Crippen LogP contribution >= 0.6 is 0 Å². The van der Waals surface area contributed by atoms with Gasteiger partial charge in [-0.2, -0.15) is 0 Å². The van der Waals surface area contributed by atoms with Gasteiger partial charge in [0.15, 0.2) is 0 Å². The Hall–Kier alpha value is -1.98. The third-order valence-electron chi connectivity index (χ3n) is 2.24. The zero-order valence-electron chi connectivity index (χ0n) is 9.41. The molecule has 0 aliphatic heterocycles. The quantitative estimate of drug-likeness (QED) is 0.601. The van der Waals surface area contributed by atoms with Crippen LogP contribution in [0, 0.1) is 0 Å². The van der Waals surface area contributed by atoms with Crippen LogP contribution in [0.1, 0.15) is 5.69 Å². The molecule has 1 aromatic carbocycles. The summed E-state index contributed by atoms with van der Waals surface area (Å²) in [5, 5.41) is 7.80. The smallest absolute Gasteiger partial charge is 0.121 e. The molecule has 0 bridgehead atoms. The molecule has 5 nitrogen and oxygen atoms in total. The van der Waals surface area contributed by atoms with Gasteiger partial charge in [0.1, 0.15) is 12.4 Å². The van der Waals surface area contributed by atoms with Gasteiger partial charge in [0.25, 0.3) is 0 Å². The second kappa shape index (κ2) is 5.38. The molecule has 17 heavy (non-hydrogen) atoms. The van der Waals surface area contributed by atoms with Gasteiger partial charge >= 0.3 is 0 Å². The summed E-state index contributed by atoms with van der Waals surface area (Å²) in [5.74, 6) is 0.754. The maximum atomic E-state index is 5.64. The largest absolute Gasteiger partial charge is 0.492 e. The van der Waals surface area contributed by atoms with Crippen LogP contribution in [-0.2, 0) is 12.9 Å². The molecule has 0 amide bonds. The van der Waals surface area contributed by atoms with Crippen molar-refractivity contribution in [2.45, 2.75) is 12.9 Å². The van der Waals surface area contributed by atoms with Gasteiger partial charge in [-0.25, -0.2) is 4.68 Å². The zero-order valence-corrected chi connectivity index (χ0v) is 9.41. The van der Waals surface area contributed by atoms with E-state index < -0.39 is 0 Å². The molecule has 0 aliphatic carbocycles. The molecular weight excluding hydrogens is 215 g/mol. The number of aromatic nitrogens is 3. The highest BCUT2D eigenvalue weighted by molar-refractivity contribution is 6.08. The van der Waals surface area contributed by atoms with Gasteiger partial charge in [0, 0.05) is 18.0 Å². The Morgan fingerprint density at radius 3 is 3.00 bits per heavy atom. The zero-order chi connectivity index (χ0) is 12.1. The van der Waals surface area contributed by atoms with Crippen LogP contribution in [0.3, 0.4) is 0 Å². The van der Waals surface area contributed by atoms with E-state index in [1.54, 1.807) is 10.7 Å². The van der Waals surface area contributed by atoms with Crippen LogP contribution in [0.5, 0.6) is 5.75 Å². The molecule has 0 aliphatic rings. The molecule has 6 heteroatoms. The summed E-state index contributed by atoms with van der Waals surface area (Å²) < 4.78 is 7.24. The third kappa shape index (κ3) is 3.24. The van der Waals surface area contributed by atoms with E-state index >= 15 is 0 Å². The molecule has 2 N–H and O–H groups in total. The fourth-order valence-corrected chi connectivity index (χ4v) is 1.40. The standard InChI is InChI=1S/C11H13BN4O/c12-7-10-8-16(15-14-10)4-5-17-11-3-1-2-9(13)6-11/h1-3,6,8H,4-5,7,13H2. The van der Waals surface area contributed by atoms with E-state index in [0.717, 1.165) is 11.4 Å². The van der Waals surface area contributed by atoms with Gasteiger partial charge in [-0.3, -0.25) is 0 Å². The number of hydrogen-bond donors (Lipinski definition) is 1. The Balaban J connectivity index is 1.83. The van der Waals surface area contributed by atoms with E-state index in [9.17, 15) is 0 Å². The Bertz CT molecular complexity index is 486. The van der Waals surface area contributed by atoms with Crippen LogP contribution in [-0.4, -0.2) is 29.4 Å². The van der Waals surface area contributed by atoms with Gasteiger partial charge in [-0.15, -0.1) is 5.10 Å². The summed E-state index contributed by atoms with van der Waals surface area (Å²) in [7, 11) is 5.44. The molecule has 0 fully saturated rings. The summed E-state index contributed by atoms with van der Waals surface area (Å²) in [6.45, 7) is 1.14. The molecule has 1 aromatic heterocycles. The molecule has 0 atom stereocenters. The van der Waals surface area contributed by atoms with Crippen molar-refractivity contribution in [3.05, 3.63) is 36.2 Å². The lowest BCUT2D eigenvalue weighted by Crippen LogP contribution is -2.08. The highest BCUT2D eigenvalue weighted by Gasteiger charge is 1.99. The number of hydrogen-bond acceptors (Lipinski definition) is 4. The first-order valence-corrected chi connectivity index (χ1v) is 5.35. The maximum absolute atomic E-state index is 5.64. The Morgan fingerprint density at radius 1 is 1.41 bits per heavy atom. The minimum atomic E-state index is 0.399. The van der Waals surface area contributed by atoms with Crippen molar-refractivity contribution in [1.82, 2.24) is 15.0 Å². The van der Waals surface area contributed by atoms with Gasteiger partial charge in [-0.1, -0.05) is 11.3 Å². The number of nitrogens with two attached hydrogens (primary N) is 1. The molecule has 2 aromatic rings. The summed E-state index contributed by atoms with van der Waals surface area (Å²) in [5.41, 5.74) is 7.10. The lowest BCUT2D eigenvalue weighted by Gasteiger charge is -2.06. The van der Waals surface area contributed by atoms with E-state index in [4.69, 9.17) is 18.3 Å². The van der Waals surface area contributed by atoms with Crippen molar-refractivity contribution in [1.29, 1.82) is 0 Å². The molecule has 0 saturated carbocycles. The fourth-order valence-electron chi connectivity index (χ4n) is 1.40. The van der Waals surface area contributed by atoms with Crippen molar-refractivity contribution in [2.75, 3.05) is 12.3 Å². The molecular formula is C11H13BN4O. The lowest BCUT2D eigenvalue weighted by molar-refractivity contribution is 0.290. The normalized spacial score (nSPS) is 10.4. The molecule has 0 saturated heterocycles. The van der Waals surface area contributed by atoms with Crippen LogP contribution in [0.15, 0.2) is 30.5 Å². The van der Waals surface area contributed by atoms with Gasteiger partial charge in [-0.05, 0) is 18.5 Å². The minimum absolute atomic E-state index is 0.399. The summed E-state index contributed by atoms with van der Waals surface area (Å²) in [6, 6.07) is 7.32. The van der Waals surface area contributed by atoms with Crippen molar-refractivity contribution >= 4 is 13.5 Å². The van der Waals surface area contributed by atoms with Crippen LogP contribution in [0.2, 0.25) is 0 Å². The molecule has 1 heterocycles. The van der Waals surface area contributed by atoms with Crippen LogP contribution < -0.4 is 10.5 Å². The summed E-state index contributed by atoms with van der Waals surface area (Å²) in [6.07, 6.45) is 2.21. The van der Waals surface area contributed by atoms with E-state index in [1.165, 1.54) is 0 Å². The Kier molecular flexibility index (Phi) is 3.64. The Labute approximate surface area is 101 Å².